The third-order valence-corrected chi connectivity index (χ3v) is 8.59. The molecule has 1 N–H and O–H groups in total. The number of hydrogen-bond acceptors (Lipinski definition) is 6. The second-order valence-corrected chi connectivity index (χ2v) is 11.5. The monoisotopic (exact) mass is 590 g/mol. The number of nitrogens with one attached hydrogen (secondary N) is 1. The quantitative estimate of drug-likeness (QED) is 0.255. The van der Waals surface area contributed by atoms with Gasteiger partial charge >= 0.3 is 0 Å². The fourth-order valence-electron chi connectivity index (χ4n) is 4.66. The first-order chi connectivity index (χ1) is 19.7. The van der Waals surface area contributed by atoms with Crippen molar-refractivity contribution in [1.82, 2.24) is 0 Å². The van der Waals surface area contributed by atoms with E-state index in [2.05, 4.69) is 5.32 Å². The van der Waals surface area contributed by atoms with E-state index < -0.39 is 21.7 Å². The number of rotatable bonds is 8. The zero-order valence-corrected chi connectivity index (χ0v) is 24.0. The lowest BCUT2D eigenvalue weighted by atomic mass is 10.1. The Balaban J connectivity index is 1.60. The predicted octanol–water partition coefficient (Wildman–Crippen LogP) is 6.38. The Bertz CT molecular complexity index is 1760. The molecule has 0 aliphatic carbocycles. The summed E-state index contributed by atoms with van der Waals surface area (Å²) in [6, 6.07) is 22.4. The van der Waals surface area contributed by atoms with E-state index >= 15 is 0 Å². The SMILES string of the molecule is CCOc1ccc(OCC)c(NC(=O)c2ccc3c(c2)N(Cc2cccc(Cl)c2)C(=O)c2ccccc2S3(=O)=O)c1. The smallest absolute Gasteiger partial charge is 0.259 e. The Morgan fingerprint density at radius 3 is 2.41 bits per heavy atom. The number of hydrogen-bond donors (Lipinski definition) is 1. The second-order valence-electron chi connectivity index (χ2n) is 9.18. The van der Waals surface area contributed by atoms with Gasteiger partial charge < -0.3 is 19.7 Å². The highest BCUT2D eigenvalue weighted by molar-refractivity contribution is 7.91. The number of nitrogens with zero attached hydrogens (tertiary/aromatic N) is 1. The molecule has 0 saturated carbocycles. The number of ether oxygens (including phenoxy) is 2. The molecule has 0 atom stereocenters. The molecule has 0 saturated heterocycles. The number of anilines is 2. The van der Waals surface area contributed by atoms with Gasteiger partial charge in [-0.3, -0.25) is 9.59 Å². The fourth-order valence-corrected chi connectivity index (χ4v) is 6.51. The van der Waals surface area contributed by atoms with Gasteiger partial charge in [-0.25, -0.2) is 8.42 Å². The highest BCUT2D eigenvalue weighted by Crippen LogP contribution is 2.39. The van der Waals surface area contributed by atoms with E-state index in [1.54, 1.807) is 54.6 Å². The predicted molar refractivity (Wildman–Crippen MR) is 157 cm³/mol. The third-order valence-electron chi connectivity index (χ3n) is 6.49. The van der Waals surface area contributed by atoms with Crippen LogP contribution in [0.25, 0.3) is 0 Å². The van der Waals surface area contributed by atoms with Crippen LogP contribution >= 0.6 is 11.6 Å². The lowest BCUT2D eigenvalue weighted by Gasteiger charge is -2.24. The summed E-state index contributed by atoms with van der Waals surface area (Å²) in [5.41, 5.74) is 1.37. The van der Waals surface area contributed by atoms with Crippen molar-refractivity contribution in [2.24, 2.45) is 0 Å². The lowest BCUT2D eigenvalue weighted by Crippen LogP contribution is -2.30. The molecule has 5 rings (SSSR count). The molecule has 4 aromatic rings. The highest BCUT2D eigenvalue weighted by atomic mass is 35.5. The summed E-state index contributed by atoms with van der Waals surface area (Å²) >= 11 is 6.20. The molecule has 1 aliphatic rings. The van der Waals surface area contributed by atoms with Gasteiger partial charge in [0.15, 0.2) is 0 Å². The Morgan fingerprint density at radius 1 is 0.878 bits per heavy atom. The topological polar surface area (TPSA) is 102 Å². The molecule has 10 heteroatoms. The van der Waals surface area contributed by atoms with Crippen LogP contribution in [0.5, 0.6) is 11.5 Å². The minimum absolute atomic E-state index is 0.0339. The molecule has 210 valence electrons. The number of benzene rings is 4. The van der Waals surface area contributed by atoms with Crippen molar-refractivity contribution < 1.29 is 27.5 Å². The molecule has 0 aromatic heterocycles. The molecule has 1 heterocycles. The second kappa shape index (κ2) is 11.6. The van der Waals surface area contributed by atoms with Crippen LogP contribution in [0.2, 0.25) is 5.02 Å². The van der Waals surface area contributed by atoms with Gasteiger partial charge in [-0.05, 0) is 74.0 Å². The van der Waals surface area contributed by atoms with Crippen LogP contribution < -0.4 is 19.7 Å². The standard InChI is InChI=1S/C31H27ClN2O6S/c1-3-39-23-13-14-27(40-4-2)25(18-23)33-30(35)21-12-15-29-26(17-21)34(19-20-8-7-9-22(32)16-20)31(36)24-10-5-6-11-28(24)41(29,37)38/h5-18H,3-4,19H2,1-2H3,(H,33,35). The van der Waals surface area contributed by atoms with E-state index in [4.69, 9.17) is 21.1 Å². The minimum atomic E-state index is -4.09. The van der Waals surface area contributed by atoms with Crippen LogP contribution in [0.3, 0.4) is 0 Å². The van der Waals surface area contributed by atoms with Crippen molar-refractivity contribution in [2.45, 2.75) is 30.2 Å². The number of sulfone groups is 1. The Hall–Kier alpha value is -4.34. The number of halogens is 1. The summed E-state index contributed by atoms with van der Waals surface area (Å²) in [7, 11) is -4.09. The van der Waals surface area contributed by atoms with Crippen molar-refractivity contribution in [2.75, 3.05) is 23.4 Å². The molecule has 0 unspecified atom stereocenters. The van der Waals surface area contributed by atoms with Gasteiger partial charge in [0.2, 0.25) is 9.84 Å². The third kappa shape index (κ3) is 5.64. The summed E-state index contributed by atoms with van der Waals surface area (Å²) in [5, 5.41) is 3.32. The molecular weight excluding hydrogens is 564 g/mol. The van der Waals surface area contributed by atoms with Crippen molar-refractivity contribution >= 4 is 44.6 Å². The average molecular weight is 591 g/mol. The molecular formula is C31H27ClN2O6S. The van der Waals surface area contributed by atoms with Gasteiger partial charge in [0.1, 0.15) is 11.5 Å². The maximum absolute atomic E-state index is 13.9. The minimum Gasteiger partial charge on any atom is -0.494 e. The van der Waals surface area contributed by atoms with Crippen LogP contribution in [0.4, 0.5) is 11.4 Å². The first kappa shape index (κ1) is 28.2. The Morgan fingerprint density at radius 2 is 1.66 bits per heavy atom. The van der Waals surface area contributed by atoms with E-state index in [-0.39, 0.29) is 33.2 Å². The maximum atomic E-state index is 13.9. The Labute approximate surface area is 243 Å². The summed E-state index contributed by atoms with van der Waals surface area (Å²) in [4.78, 5) is 28.6. The number of fused-ring (bicyclic) bond motifs is 2. The largest absolute Gasteiger partial charge is 0.494 e. The normalized spacial score (nSPS) is 13.5. The zero-order chi connectivity index (χ0) is 29.1. The van der Waals surface area contributed by atoms with E-state index in [0.29, 0.717) is 41.0 Å². The molecule has 2 amide bonds. The van der Waals surface area contributed by atoms with Gasteiger partial charge in [-0.2, -0.15) is 0 Å². The zero-order valence-electron chi connectivity index (χ0n) is 22.4. The van der Waals surface area contributed by atoms with E-state index in [9.17, 15) is 18.0 Å². The van der Waals surface area contributed by atoms with Crippen molar-refractivity contribution in [1.29, 1.82) is 0 Å². The summed E-state index contributed by atoms with van der Waals surface area (Å²) in [6.45, 7) is 4.55. The molecule has 0 spiro atoms. The number of carbonyl (C=O) groups excluding carboxylic acids is 2. The van der Waals surface area contributed by atoms with Gasteiger partial charge in [-0.1, -0.05) is 35.9 Å². The first-order valence-corrected chi connectivity index (χ1v) is 14.8. The summed E-state index contributed by atoms with van der Waals surface area (Å²) < 4.78 is 38.8. The molecule has 8 nitrogen and oxygen atoms in total. The van der Waals surface area contributed by atoms with Crippen molar-refractivity contribution in [3.8, 4) is 11.5 Å². The molecule has 0 radical (unpaired) electrons. The first-order valence-electron chi connectivity index (χ1n) is 13.0. The van der Waals surface area contributed by atoms with Crippen LogP contribution in [0.1, 0.15) is 40.1 Å². The summed E-state index contributed by atoms with van der Waals surface area (Å²) in [6.07, 6.45) is 0. The lowest BCUT2D eigenvalue weighted by molar-refractivity contribution is 0.0979. The fraction of sp³-hybridized carbons (Fsp3) is 0.161. The van der Waals surface area contributed by atoms with Gasteiger partial charge in [0.25, 0.3) is 11.8 Å². The van der Waals surface area contributed by atoms with Crippen LogP contribution in [0.15, 0.2) is 94.7 Å². The van der Waals surface area contributed by atoms with Crippen LogP contribution in [-0.4, -0.2) is 33.4 Å². The number of amides is 2. The van der Waals surface area contributed by atoms with Gasteiger partial charge in [0, 0.05) is 16.7 Å². The van der Waals surface area contributed by atoms with Crippen LogP contribution in [-0.2, 0) is 16.4 Å². The number of carbonyl (C=O) groups is 2. The van der Waals surface area contributed by atoms with E-state index in [1.807, 2.05) is 13.8 Å². The maximum Gasteiger partial charge on any atom is 0.259 e. The molecule has 41 heavy (non-hydrogen) atoms. The molecule has 1 aliphatic heterocycles. The molecule has 4 aromatic carbocycles. The van der Waals surface area contributed by atoms with Crippen LogP contribution in [0, 0.1) is 0 Å². The average Bonchev–Trinajstić information content (AvgIpc) is 3.02. The Kier molecular flexibility index (Phi) is 8.01. The molecule has 0 bridgehead atoms. The highest BCUT2D eigenvalue weighted by Gasteiger charge is 2.36. The van der Waals surface area contributed by atoms with Gasteiger partial charge in [-0.15, -0.1) is 0 Å². The van der Waals surface area contributed by atoms with E-state index in [0.717, 1.165) is 0 Å². The van der Waals surface area contributed by atoms with Gasteiger partial charge in [0.05, 0.1) is 46.5 Å². The van der Waals surface area contributed by atoms with Crippen molar-refractivity contribution in [3.63, 3.8) is 0 Å². The van der Waals surface area contributed by atoms with E-state index in [1.165, 1.54) is 35.2 Å². The molecule has 0 fully saturated rings. The van der Waals surface area contributed by atoms with Crippen molar-refractivity contribution in [3.05, 3.63) is 107 Å². The summed E-state index contributed by atoms with van der Waals surface area (Å²) in [5.74, 6) is -0.0228.